The molecule has 4 nitrogen and oxygen atoms in total. The van der Waals surface area contributed by atoms with E-state index in [-0.39, 0.29) is 6.61 Å². The van der Waals surface area contributed by atoms with Crippen LogP contribution in [0.1, 0.15) is 6.92 Å². The third-order valence-electron chi connectivity index (χ3n) is 0.842. The van der Waals surface area contributed by atoms with E-state index in [0.717, 1.165) is 18.4 Å². The number of hydrogen-bond donors (Lipinski definition) is 0. The van der Waals surface area contributed by atoms with Crippen LogP contribution in [0.25, 0.3) is 0 Å². The first-order valence-electron chi connectivity index (χ1n) is 3.37. The van der Waals surface area contributed by atoms with E-state index < -0.39 is 11.9 Å². The van der Waals surface area contributed by atoms with Crippen LogP contribution in [0, 0.1) is 0 Å². The lowest BCUT2D eigenvalue weighted by molar-refractivity contribution is -0.138. The number of carbonyl (C=O) groups excluding carboxylic acids is 2. The molecule has 0 aliphatic heterocycles. The van der Waals surface area contributed by atoms with Crippen LogP contribution in [0.2, 0.25) is 0 Å². The molecular weight excluding hydrogens is 160 g/mol. The summed E-state index contributed by atoms with van der Waals surface area (Å²) in [4.78, 5) is 21.2. The van der Waals surface area contributed by atoms with Crippen molar-refractivity contribution in [2.45, 2.75) is 6.92 Å². The molecule has 0 aliphatic rings. The minimum Gasteiger partial charge on any atom is -0.463 e. The molecule has 12 heavy (non-hydrogen) atoms. The Kier molecular flexibility index (Phi) is 5.34. The molecule has 0 aromatic rings. The van der Waals surface area contributed by atoms with Crippen LogP contribution in [-0.4, -0.2) is 18.5 Å². The zero-order chi connectivity index (χ0) is 9.40. The monoisotopic (exact) mass is 170 g/mol. The van der Waals surface area contributed by atoms with E-state index in [9.17, 15) is 9.59 Å². The maximum absolute atomic E-state index is 10.6. The van der Waals surface area contributed by atoms with E-state index >= 15 is 0 Å². The van der Waals surface area contributed by atoms with Gasteiger partial charge in [0.15, 0.2) is 0 Å². The molecule has 66 valence electrons. The van der Waals surface area contributed by atoms with Crippen molar-refractivity contribution in [2.24, 2.45) is 0 Å². The molecule has 0 radical (unpaired) electrons. The van der Waals surface area contributed by atoms with Crippen LogP contribution in [0.3, 0.4) is 0 Å². The third-order valence-corrected chi connectivity index (χ3v) is 0.842. The molecule has 0 fully saturated rings. The highest BCUT2D eigenvalue weighted by atomic mass is 16.5. The van der Waals surface area contributed by atoms with Crippen molar-refractivity contribution in [3.8, 4) is 0 Å². The van der Waals surface area contributed by atoms with Gasteiger partial charge in [-0.05, 0) is 6.92 Å². The maximum Gasteiger partial charge on any atom is 0.335 e. The van der Waals surface area contributed by atoms with Crippen LogP contribution in [0.5, 0.6) is 0 Å². The first-order valence-corrected chi connectivity index (χ1v) is 3.37. The lowest BCUT2D eigenvalue weighted by atomic mass is 10.5. The van der Waals surface area contributed by atoms with Gasteiger partial charge < -0.3 is 9.47 Å². The molecule has 0 saturated carbocycles. The molecule has 4 heteroatoms. The van der Waals surface area contributed by atoms with Crippen LogP contribution in [-0.2, 0) is 19.1 Å². The Morgan fingerprint density at radius 3 is 2.42 bits per heavy atom. The Hall–Kier alpha value is -1.58. The molecular formula is C8H10O4. The Morgan fingerprint density at radius 1 is 1.33 bits per heavy atom. The molecule has 0 rings (SSSR count). The normalized spacial score (nSPS) is 9.42. The van der Waals surface area contributed by atoms with Gasteiger partial charge in [-0.3, -0.25) is 0 Å². The van der Waals surface area contributed by atoms with Crippen molar-refractivity contribution in [3.05, 3.63) is 25.0 Å². The maximum atomic E-state index is 10.6. The molecule has 0 aromatic heterocycles. The Balaban J connectivity index is 3.80. The SMILES string of the molecule is C=COC(=O)C=CC(=O)OCC. The summed E-state index contributed by atoms with van der Waals surface area (Å²) in [5.74, 6) is -1.23. The second-order valence-electron chi connectivity index (χ2n) is 1.69. The number of hydrogen-bond acceptors (Lipinski definition) is 4. The van der Waals surface area contributed by atoms with E-state index in [4.69, 9.17) is 0 Å². The van der Waals surface area contributed by atoms with E-state index in [1.165, 1.54) is 0 Å². The van der Waals surface area contributed by atoms with Gasteiger partial charge in [0.1, 0.15) is 0 Å². The Bertz CT molecular complexity index is 205. The zero-order valence-corrected chi connectivity index (χ0v) is 6.78. The lowest BCUT2D eigenvalue weighted by Crippen LogP contribution is -2.01. The second kappa shape index (κ2) is 6.15. The van der Waals surface area contributed by atoms with Crippen LogP contribution in [0.15, 0.2) is 25.0 Å². The largest absolute Gasteiger partial charge is 0.463 e. The molecule has 0 bridgehead atoms. The van der Waals surface area contributed by atoms with Gasteiger partial charge >= 0.3 is 11.9 Å². The number of esters is 2. The highest BCUT2D eigenvalue weighted by Gasteiger charge is 1.96. The van der Waals surface area contributed by atoms with Gasteiger partial charge in [-0.25, -0.2) is 9.59 Å². The molecule has 0 atom stereocenters. The first kappa shape index (κ1) is 10.4. The summed E-state index contributed by atoms with van der Waals surface area (Å²) in [6, 6.07) is 0. The summed E-state index contributed by atoms with van der Waals surface area (Å²) < 4.78 is 8.81. The summed E-state index contributed by atoms with van der Waals surface area (Å²) in [7, 11) is 0. The summed E-state index contributed by atoms with van der Waals surface area (Å²) in [5, 5.41) is 0. The van der Waals surface area contributed by atoms with Crippen LogP contribution >= 0.6 is 0 Å². The van der Waals surface area contributed by atoms with Gasteiger partial charge in [0.25, 0.3) is 0 Å². The van der Waals surface area contributed by atoms with Crippen molar-refractivity contribution in [1.82, 2.24) is 0 Å². The minimum absolute atomic E-state index is 0.277. The van der Waals surface area contributed by atoms with Crippen LogP contribution in [0.4, 0.5) is 0 Å². The fourth-order valence-corrected chi connectivity index (χ4v) is 0.448. The third kappa shape index (κ3) is 5.22. The van der Waals surface area contributed by atoms with Gasteiger partial charge in [0.2, 0.25) is 0 Å². The molecule has 0 N–H and O–H groups in total. The Labute approximate surface area is 70.5 Å². The highest BCUT2D eigenvalue weighted by Crippen LogP contribution is 1.84. The number of ether oxygens (including phenoxy) is 2. The van der Waals surface area contributed by atoms with Crippen molar-refractivity contribution in [3.63, 3.8) is 0 Å². The summed E-state index contributed by atoms with van der Waals surface area (Å²) in [6.45, 7) is 5.12. The molecule has 0 saturated heterocycles. The first-order chi connectivity index (χ1) is 5.70. The summed E-state index contributed by atoms with van der Waals surface area (Å²) in [6.07, 6.45) is 2.95. The molecule has 0 unspecified atom stereocenters. The van der Waals surface area contributed by atoms with E-state index in [2.05, 4.69) is 16.1 Å². The Morgan fingerprint density at radius 2 is 1.92 bits per heavy atom. The van der Waals surface area contributed by atoms with Crippen molar-refractivity contribution in [2.75, 3.05) is 6.61 Å². The number of rotatable bonds is 4. The van der Waals surface area contributed by atoms with Gasteiger partial charge in [-0.1, -0.05) is 6.58 Å². The summed E-state index contributed by atoms with van der Waals surface area (Å²) in [5.41, 5.74) is 0. The molecule has 0 aromatic carbocycles. The molecule has 0 amide bonds. The minimum atomic E-state index is -0.655. The molecule has 0 heterocycles. The lowest BCUT2D eigenvalue weighted by Gasteiger charge is -1.93. The quantitative estimate of drug-likeness (QED) is 0.355. The standard InChI is InChI=1S/C8H10O4/c1-3-11-7(9)5-6-8(10)12-4-2/h3,5-6H,1,4H2,2H3. The highest BCUT2D eigenvalue weighted by molar-refractivity contribution is 5.91. The van der Waals surface area contributed by atoms with E-state index in [1.807, 2.05) is 0 Å². The zero-order valence-electron chi connectivity index (χ0n) is 6.78. The van der Waals surface area contributed by atoms with Gasteiger partial charge in [-0.2, -0.15) is 0 Å². The van der Waals surface area contributed by atoms with Crippen LogP contribution < -0.4 is 0 Å². The average Bonchev–Trinajstić information content (AvgIpc) is 2.02. The predicted molar refractivity (Wildman–Crippen MR) is 42.1 cm³/mol. The fraction of sp³-hybridized carbons (Fsp3) is 0.250. The molecule has 0 spiro atoms. The van der Waals surface area contributed by atoms with E-state index in [0.29, 0.717) is 0 Å². The number of carbonyl (C=O) groups is 2. The average molecular weight is 170 g/mol. The fourth-order valence-electron chi connectivity index (χ4n) is 0.448. The van der Waals surface area contributed by atoms with Crippen molar-refractivity contribution >= 4 is 11.9 Å². The van der Waals surface area contributed by atoms with Crippen molar-refractivity contribution < 1.29 is 19.1 Å². The van der Waals surface area contributed by atoms with Gasteiger partial charge in [-0.15, -0.1) is 0 Å². The van der Waals surface area contributed by atoms with E-state index in [1.54, 1.807) is 6.92 Å². The van der Waals surface area contributed by atoms with Crippen molar-refractivity contribution in [1.29, 1.82) is 0 Å². The predicted octanol–water partition coefficient (Wildman–Crippen LogP) is 0.792. The second-order valence-corrected chi connectivity index (χ2v) is 1.69. The topological polar surface area (TPSA) is 52.6 Å². The summed E-state index contributed by atoms with van der Waals surface area (Å²) >= 11 is 0. The molecule has 0 aliphatic carbocycles. The smallest absolute Gasteiger partial charge is 0.335 e. The van der Waals surface area contributed by atoms with Gasteiger partial charge in [0.05, 0.1) is 12.9 Å². The van der Waals surface area contributed by atoms with Gasteiger partial charge in [0, 0.05) is 12.2 Å².